The van der Waals surface area contributed by atoms with Gasteiger partial charge in [0.1, 0.15) is 18.0 Å². The molecule has 1 aromatic heterocycles. The Hall–Kier alpha value is -4.58. The van der Waals surface area contributed by atoms with Gasteiger partial charge in [-0.2, -0.15) is 0 Å². The van der Waals surface area contributed by atoms with Crippen LogP contribution in [0.1, 0.15) is 34.3 Å². The lowest BCUT2D eigenvalue weighted by atomic mass is 10.0. The summed E-state index contributed by atoms with van der Waals surface area (Å²) in [6.45, 7) is 1.25. The van der Waals surface area contributed by atoms with Crippen molar-refractivity contribution in [1.82, 2.24) is 14.9 Å². The predicted molar refractivity (Wildman–Crippen MR) is 153 cm³/mol. The molecule has 1 heterocycles. The molecule has 1 saturated carbocycles. The van der Waals surface area contributed by atoms with E-state index in [9.17, 15) is 9.18 Å². The average Bonchev–Trinajstić information content (AvgIpc) is 3.82. The van der Waals surface area contributed by atoms with Crippen molar-refractivity contribution in [2.45, 2.75) is 31.8 Å². The number of anilines is 1. The minimum atomic E-state index is -0.396. The molecule has 0 saturated heterocycles. The third-order valence-corrected chi connectivity index (χ3v) is 7.12. The van der Waals surface area contributed by atoms with E-state index in [1.54, 1.807) is 18.5 Å². The molecule has 0 aliphatic heterocycles. The summed E-state index contributed by atoms with van der Waals surface area (Å²) in [6, 6.07) is 31.0. The molecular formula is C33H29FN4O. The summed E-state index contributed by atoms with van der Waals surface area (Å²) in [4.78, 5) is 24.1. The molecule has 5 nitrogen and oxygen atoms in total. The van der Waals surface area contributed by atoms with Gasteiger partial charge in [-0.25, -0.2) is 14.4 Å². The fourth-order valence-electron chi connectivity index (χ4n) is 4.93. The van der Waals surface area contributed by atoms with Crippen molar-refractivity contribution in [2.75, 3.05) is 11.9 Å². The molecule has 39 heavy (non-hydrogen) atoms. The van der Waals surface area contributed by atoms with Gasteiger partial charge in [-0.05, 0) is 77.9 Å². The standard InChI is InChI=1S/C33H29FN4O/c34-28-11-5-10-27(19-28)33(39)38(29-13-14-29)21-24-8-4-9-25(18-24)26-12-15-31-30(20-26)32(37-22-36-31)35-17-16-23-6-2-1-3-7-23/h1-12,15,18-20,22,29H,13-14,16-17,21H2,(H,35,36,37). The molecular weight excluding hydrogens is 487 g/mol. The monoisotopic (exact) mass is 516 g/mol. The fourth-order valence-corrected chi connectivity index (χ4v) is 4.93. The minimum absolute atomic E-state index is 0.128. The number of nitrogens with zero attached hydrogens (tertiary/aromatic N) is 3. The number of rotatable bonds is 9. The van der Waals surface area contributed by atoms with Gasteiger partial charge in [0, 0.05) is 30.1 Å². The Morgan fingerprint density at radius 1 is 0.846 bits per heavy atom. The van der Waals surface area contributed by atoms with Crippen molar-refractivity contribution in [2.24, 2.45) is 0 Å². The van der Waals surface area contributed by atoms with E-state index in [0.717, 1.165) is 59.2 Å². The van der Waals surface area contributed by atoms with Gasteiger partial charge in [-0.15, -0.1) is 0 Å². The molecule has 0 bridgehead atoms. The zero-order valence-corrected chi connectivity index (χ0v) is 21.6. The molecule has 0 radical (unpaired) electrons. The number of hydrogen-bond acceptors (Lipinski definition) is 4. The van der Waals surface area contributed by atoms with Crippen LogP contribution in [0.25, 0.3) is 22.0 Å². The molecule has 1 aliphatic rings. The molecule has 1 fully saturated rings. The van der Waals surface area contributed by atoms with Gasteiger partial charge < -0.3 is 10.2 Å². The lowest BCUT2D eigenvalue weighted by molar-refractivity contribution is 0.0729. The SMILES string of the molecule is O=C(c1cccc(F)c1)N(Cc1cccc(-c2ccc3ncnc(NCCc4ccccc4)c3c2)c1)C1CC1. The summed E-state index contributed by atoms with van der Waals surface area (Å²) >= 11 is 0. The van der Waals surface area contributed by atoms with E-state index in [2.05, 4.69) is 63.8 Å². The van der Waals surface area contributed by atoms with Crippen LogP contribution < -0.4 is 5.32 Å². The van der Waals surface area contributed by atoms with Gasteiger partial charge >= 0.3 is 0 Å². The van der Waals surface area contributed by atoms with Crippen molar-refractivity contribution in [1.29, 1.82) is 0 Å². The van der Waals surface area contributed by atoms with Crippen molar-refractivity contribution < 1.29 is 9.18 Å². The maximum absolute atomic E-state index is 13.8. The third kappa shape index (κ3) is 5.80. The van der Waals surface area contributed by atoms with E-state index < -0.39 is 5.82 Å². The first-order valence-corrected chi connectivity index (χ1v) is 13.3. The summed E-state index contributed by atoms with van der Waals surface area (Å²) in [6.07, 6.45) is 4.45. The molecule has 0 spiro atoms. The van der Waals surface area contributed by atoms with Gasteiger partial charge in [-0.1, -0.05) is 60.7 Å². The smallest absolute Gasteiger partial charge is 0.254 e. The highest BCUT2D eigenvalue weighted by atomic mass is 19.1. The Morgan fingerprint density at radius 2 is 1.64 bits per heavy atom. The van der Waals surface area contributed by atoms with Crippen molar-refractivity contribution in [3.05, 3.63) is 126 Å². The summed E-state index contributed by atoms with van der Waals surface area (Å²) in [5.41, 5.74) is 5.70. The van der Waals surface area contributed by atoms with E-state index in [4.69, 9.17) is 0 Å². The Balaban J connectivity index is 1.23. The highest BCUT2D eigenvalue weighted by Gasteiger charge is 2.33. The normalized spacial score (nSPS) is 12.8. The van der Waals surface area contributed by atoms with E-state index >= 15 is 0 Å². The van der Waals surface area contributed by atoms with Crippen LogP contribution in [-0.2, 0) is 13.0 Å². The van der Waals surface area contributed by atoms with E-state index in [1.165, 1.54) is 17.7 Å². The maximum atomic E-state index is 13.8. The van der Waals surface area contributed by atoms with E-state index in [0.29, 0.717) is 12.1 Å². The van der Waals surface area contributed by atoms with Gasteiger partial charge in [0.2, 0.25) is 0 Å². The lowest BCUT2D eigenvalue weighted by Crippen LogP contribution is -2.32. The molecule has 5 aromatic rings. The summed E-state index contributed by atoms with van der Waals surface area (Å²) in [5.74, 6) is 0.291. The van der Waals surface area contributed by atoms with Crippen molar-refractivity contribution >= 4 is 22.6 Å². The molecule has 1 amide bonds. The van der Waals surface area contributed by atoms with Crippen LogP contribution in [0.5, 0.6) is 0 Å². The number of amides is 1. The number of carbonyl (C=O) groups is 1. The van der Waals surface area contributed by atoms with Crippen LogP contribution in [0.15, 0.2) is 103 Å². The highest BCUT2D eigenvalue weighted by molar-refractivity contribution is 5.95. The minimum Gasteiger partial charge on any atom is -0.369 e. The summed E-state index contributed by atoms with van der Waals surface area (Å²) in [5, 5.41) is 4.45. The second kappa shape index (κ2) is 11.0. The summed E-state index contributed by atoms with van der Waals surface area (Å²) < 4.78 is 13.8. The quantitative estimate of drug-likeness (QED) is 0.232. The Labute approximate surface area is 227 Å². The van der Waals surface area contributed by atoms with Gasteiger partial charge in [0.25, 0.3) is 5.91 Å². The first kappa shape index (κ1) is 24.7. The number of fused-ring (bicyclic) bond motifs is 1. The number of hydrogen-bond donors (Lipinski definition) is 1. The number of nitrogens with one attached hydrogen (secondary N) is 1. The van der Waals surface area contributed by atoms with Crippen molar-refractivity contribution in [3.63, 3.8) is 0 Å². The van der Waals surface area contributed by atoms with Crippen LogP contribution in [-0.4, -0.2) is 33.4 Å². The van der Waals surface area contributed by atoms with Crippen molar-refractivity contribution in [3.8, 4) is 11.1 Å². The van der Waals surface area contributed by atoms with Gasteiger partial charge in [0.05, 0.1) is 5.52 Å². The highest BCUT2D eigenvalue weighted by Crippen LogP contribution is 2.32. The molecule has 0 unspecified atom stereocenters. The Bertz CT molecular complexity index is 1620. The Morgan fingerprint density at radius 3 is 2.46 bits per heavy atom. The fraction of sp³-hybridized carbons (Fsp3) is 0.182. The first-order valence-electron chi connectivity index (χ1n) is 13.3. The van der Waals surface area contributed by atoms with E-state index in [-0.39, 0.29) is 11.9 Å². The second-order valence-corrected chi connectivity index (χ2v) is 9.99. The molecule has 1 aliphatic carbocycles. The Kier molecular flexibility index (Phi) is 7.00. The number of aromatic nitrogens is 2. The van der Waals surface area contributed by atoms with Gasteiger partial charge in [0.15, 0.2) is 0 Å². The number of carbonyl (C=O) groups excluding carboxylic acids is 1. The molecule has 6 heteroatoms. The topological polar surface area (TPSA) is 58.1 Å². The predicted octanol–water partition coefficient (Wildman–Crippen LogP) is 6.90. The number of benzene rings is 4. The molecule has 4 aromatic carbocycles. The van der Waals surface area contributed by atoms with E-state index in [1.807, 2.05) is 29.2 Å². The van der Waals surface area contributed by atoms with Gasteiger partial charge in [-0.3, -0.25) is 4.79 Å². The lowest BCUT2D eigenvalue weighted by Gasteiger charge is -2.23. The average molecular weight is 517 g/mol. The molecule has 1 N–H and O–H groups in total. The van der Waals surface area contributed by atoms with Crippen LogP contribution in [0.3, 0.4) is 0 Å². The molecule has 194 valence electrons. The van der Waals surface area contributed by atoms with Crippen LogP contribution >= 0.6 is 0 Å². The molecule has 0 atom stereocenters. The van der Waals surface area contributed by atoms with Crippen LogP contribution in [0, 0.1) is 5.82 Å². The van der Waals surface area contributed by atoms with Crippen LogP contribution in [0.4, 0.5) is 10.2 Å². The third-order valence-electron chi connectivity index (χ3n) is 7.12. The number of halogens is 1. The summed E-state index contributed by atoms with van der Waals surface area (Å²) in [7, 11) is 0. The zero-order valence-electron chi connectivity index (χ0n) is 21.6. The first-order chi connectivity index (χ1) is 19.1. The second-order valence-electron chi connectivity index (χ2n) is 9.99. The maximum Gasteiger partial charge on any atom is 0.254 e. The molecule has 6 rings (SSSR count). The largest absolute Gasteiger partial charge is 0.369 e. The van der Waals surface area contributed by atoms with Crippen LogP contribution in [0.2, 0.25) is 0 Å². The zero-order chi connectivity index (χ0) is 26.6.